The van der Waals surface area contributed by atoms with Gasteiger partial charge in [-0.3, -0.25) is 14.9 Å². The maximum atomic E-state index is 13.5. The summed E-state index contributed by atoms with van der Waals surface area (Å²) in [5.41, 5.74) is -0.457. The molecule has 1 aliphatic heterocycles. The number of benzene rings is 1. The molecule has 0 bridgehead atoms. The van der Waals surface area contributed by atoms with Crippen molar-refractivity contribution in [1.82, 2.24) is 4.90 Å². The van der Waals surface area contributed by atoms with Gasteiger partial charge in [0.15, 0.2) is 0 Å². The van der Waals surface area contributed by atoms with Gasteiger partial charge in [-0.2, -0.15) is 16.2 Å². The monoisotopic (exact) mass is 284 g/mol. The number of rotatable bonds is 2. The maximum absolute atomic E-state index is 13.5. The van der Waals surface area contributed by atoms with E-state index in [1.54, 1.807) is 16.7 Å². The van der Waals surface area contributed by atoms with E-state index in [0.717, 1.165) is 17.9 Å². The molecular weight excluding hydrogens is 271 g/mol. The Labute approximate surface area is 113 Å². The second-order valence-electron chi connectivity index (χ2n) is 4.36. The Morgan fingerprint density at radius 3 is 2.89 bits per heavy atom. The van der Waals surface area contributed by atoms with Crippen LogP contribution in [0, 0.1) is 15.9 Å². The third-order valence-electron chi connectivity index (χ3n) is 2.92. The van der Waals surface area contributed by atoms with Gasteiger partial charge in [-0.25, -0.2) is 0 Å². The second-order valence-corrected chi connectivity index (χ2v) is 5.90. The summed E-state index contributed by atoms with van der Waals surface area (Å²) in [6.45, 7) is 3.26. The van der Waals surface area contributed by atoms with Crippen LogP contribution >= 0.6 is 11.8 Å². The van der Waals surface area contributed by atoms with Crippen molar-refractivity contribution < 1.29 is 14.1 Å². The number of halogens is 1. The van der Waals surface area contributed by atoms with Gasteiger partial charge in [0.2, 0.25) is 5.82 Å². The summed E-state index contributed by atoms with van der Waals surface area (Å²) in [5, 5.41) is 10.9. The lowest BCUT2D eigenvalue weighted by Gasteiger charge is -2.30. The molecule has 1 aromatic rings. The van der Waals surface area contributed by atoms with Crippen LogP contribution in [0.4, 0.5) is 10.1 Å². The van der Waals surface area contributed by atoms with Crippen molar-refractivity contribution in [2.75, 3.05) is 18.8 Å². The quantitative estimate of drug-likeness (QED) is 0.617. The number of hydrogen-bond acceptors (Lipinski definition) is 4. The van der Waals surface area contributed by atoms with Crippen LogP contribution < -0.4 is 0 Å². The van der Waals surface area contributed by atoms with Gasteiger partial charge in [0.25, 0.3) is 5.91 Å². The van der Waals surface area contributed by atoms with E-state index in [1.807, 2.05) is 6.92 Å². The molecule has 1 amide bonds. The molecule has 1 heterocycles. The molecular formula is C12H13FN2O3S. The molecule has 1 aliphatic rings. The van der Waals surface area contributed by atoms with Gasteiger partial charge >= 0.3 is 5.69 Å². The summed E-state index contributed by atoms with van der Waals surface area (Å²) in [7, 11) is 0. The highest BCUT2D eigenvalue weighted by atomic mass is 32.2. The fourth-order valence-corrected chi connectivity index (χ4v) is 2.99. The Hall–Kier alpha value is -1.63. The van der Waals surface area contributed by atoms with Gasteiger partial charge in [-0.05, 0) is 12.1 Å². The minimum atomic E-state index is -0.977. The summed E-state index contributed by atoms with van der Waals surface area (Å²) >= 11 is 1.79. The Morgan fingerprint density at radius 2 is 2.32 bits per heavy atom. The van der Waals surface area contributed by atoms with E-state index in [-0.39, 0.29) is 11.5 Å². The number of carbonyl (C=O) groups excluding carboxylic acids is 1. The summed E-state index contributed by atoms with van der Waals surface area (Å²) in [4.78, 5) is 23.5. The highest BCUT2D eigenvalue weighted by Gasteiger charge is 2.24. The highest BCUT2D eigenvalue weighted by molar-refractivity contribution is 7.99. The van der Waals surface area contributed by atoms with E-state index < -0.39 is 16.4 Å². The standard InChI is InChI=1S/C12H13FN2O3S/c1-8-7-14(4-5-19-8)12(16)9-2-3-11(15(17)18)10(13)6-9/h2-3,6,8H,4-5,7H2,1H3. The molecule has 2 rings (SSSR count). The molecule has 0 saturated carbocycles. The second kappa shape index (κ2) is 5.56. The van der Waals surface area contributed by atoms with Gasteiger partial charge in [0.1, 0.15) is 0 Å². The zero-order valence-corrected chi connectivity index (χ0v) is 11.2. The van der Waals surface area contributed by atoms with Crippen molar-refractivity contribution in [3.8, 4) is 0 Å². The van der Waals surface area contributed by atoms with Gasteiger partial charge in [-0.1, -0.05) is 6.92 Å². The molecule has 1 saturated heterocycles. The molecule has 1 atom stereocenters. The Kier molecular flexibility index (Phi) is 4.04. The van der Waals surface area contributed by atoms with Gasteiger partial charge < -0.3 is 4.90 Å². The van der Waals surface area contributed by atoms with Gasteiger partial charge in [-0.15, -0.1) is 0 Å². The van der Waals surface area contributed by atoms with Crippen molar-refractivity contribution in [3.63, 3.8) is 0 Å². The lowest BCUT2D eigenvalue weighted by Crippen LogP contribution is -2.41. The maximum Gasteiger partial charge on any atom is 0.304 e. The van der Waals surface area contributed by atoms with Crippen molar-refractivity contribution in [2.24, 2.45) is 0 Å². The van der Waals surface area contributed by atoms with Crippen molar-refractivity contribution >= 4 is 23.4 Å². The van der Waals surface area contributed by atoms with E-state index in [1.165, 1.54) is 6.07 Å². The van der Waals surface area contributed by atoms with Crippen LogP contribution in [0.3, 0.4) is 0 Å². The molecule has 0 radical (unpaired) electrons. The fraction of sp³-hybridized carbons (Fsp3) is 0.417. The number of thioether (sulfide) groups is 1. The van der Waals surface area contributed by atoms with E-state index in [9.17, 15) is 19.3 Å². The number of nitro groups is 1. The molecule has 0 spiro atoms. The van der Waals surface area contributed by atoms with Crippen molar-refractivity contribution in [1.29, 1.82) is 0 Å². The van der Waals surface area contributed by atoms with Gasteiger partial charge in [0, 0.05) is 35.7 Å². The van der Waals surface area contributed by atoms with Crippen LogP contribution in [0.5, 0.6) is 0 Å². The van der Waals surface area contributed by atoms with Crippen molar-refractivity contribution in [3.05, 3.63) is 39.7 Å². The van der Waals surface area contributed by atoms with Crippen LogP contribution in [-0.4, -0.2) is 39.8 Å². The average molecular weight is 284 g/mol. The first-order valence-corrected chi connectivity index (χ1v) is 6.88. The molecule has 0 N–H and O–H groups in total. The topological polar surface area (TPSA) is 63.5 Å². The molecule has 19 heavy (non-hydrogen) atoms. The summed E-state index contributed by atoms with van der Waals surface area (Å²) in [6, 6.07) is 3.27. The lowest BCUT2D eigenvalue weighted by atomic mass is 10.1. The first-order chi connectivity index (χ1) is 8.99. The van der Waals surface area contributed by atoms with E-state index in [0.29, 0.717) is 18.3 Å². The van der Waals surface area contributed by atoms with Crippen LogP contribution in [0.1, 0.15) is 17.3 Å². The summed E-state index contributed by atoms with van der Waals surface area (Å²) in [6.07, 6.45) is 0. The zero-order valence-electron chi connectivity index (χ0n) is 10.3. The molecule has 0 aliphatic carbocycles. The van der Waals surface area contributed by atoms with Gasteiger partial charge in [0.05, 0.1) is 4.92 Å². The lowest BCUT2D eigenvalue weighted by molar-refractivity contribution is -0.387. The average Bonchev–Trinajstić information content (AvgIpc) is 2.37. The minimum Gasteiger partial charge on any atom is -0.337 e. The molecule has 7 heteroatoms. The first kappa shape index (κ1) is 13.8. The zero-order chi connectivity index (χ0) is 14.0. The predicted octanol–water partition coefficient (Wildman–Crippen LogP) is 2.31. The van der Waals surface area contributed by atoms with Crippen molar-refractivity contribution in [2.45, 2.75) is 12.2 Å². The number of nitrogens with zero attached hydrogens (tertiary/aromatic N) is 2. The van der Waals surface area contributed by atoms with Crippen LogP contribution in [-0.2, 0) is 0 Å². The SMILES string of the molecule is CC1CN(C(=O)c2ccc([N+](=O)[O-])c(F)c2)CCS1. The Bertz CT molecular complexity index is 524. The van der Waals surface area contributed by atoms with E-state index >= 15 is 0 Å². The number of nitro benzene ring substituents is 1. The predicted molar refractivity (Wildman–Crippen MR) is 70.9 cm³/mol. The fourth-order valence-electron chi connectivity index (χ4n) is 1.97. The normalized spacial score (nSPS) is 19.3. The number of amides is 1. The van der Waals surface area contributed by atoms with Crippen LogP contribution in [0.25, 0.3) is 0 Å². The summed E-state index contributed by atoms with van der Waals surface area (Å²) in [5.74, 6) is -0.404. The molecule has 1 unspecified atom stereocenters. The molecule has 1 fully saturated rings. The number of hydrogen-bond donors (Lipinski definition) is 0. The van der Waals surface area contributed by atoms with Crippen LogP contribution in [0.15, 0.2) is 18.2 Å². The number of carbonyl (C=O) groups is 1. The molecule has 0 aromatic heterocycles. The molecule has 5 nitrogen and oxygen atoms in total. The minimum absolute atomic E-state index is 0.155. The first-order valence-electron chi connectivity index (χ1n) is 5.84. The van der Waals surface area contributed by atoms with Crippen LogP contribution in [0.2, 0.25) is 0 Å². The molecule has 1 aromatic carbocycles. The summed E-state index contributed by atoms with van der Waals surface area (Å²) < 4.78 is 13.5. The van der Waals surface area contributed by atoms with E-state index in [4.69, 9.17) is 0 Å². The smallest absolute Gasteiger partial charge is 0.304 e. The molecule has 102 valence electrons. The Balaban J connectivity index is 2.19. The highest BCUT2D eigenvalue weighted by Crippen LogP contribution is 2.22. The van der Waals surface area contributed by atoms with E-state index in [2.05, 4.69) is 0 Å². The Morgan fingerprint density at radius 1 is 1.58 bits per heavy atom. The third-order valence-corrected chi connectivity index (χ3v) is 4.06. The third kappa shape index (κ3) is 3.04. The largest absolute Gasteiger partial charge is 0.337 e.